The van der Waals surface area contributed by atoms with Gasteiger partial charge in [-0.1, -0.05) is 11.6 Å². The van der Waals surface area contributed by atoms with Crippen LogP contribution in [0.15, 0.2) is 29.8 Å². The van der Waals surface area contributed by atoms with Gasteiger partial charge in [0.25, 0.3) is 5.69 Å². The van der Waals surface area contributed by atoms with Gasteiger partial charge >= 0.3 is 0 Å². The number of rotatable bonds is 2. The third-order valence-corrected chi connectivity index (χ3v) is 1.52. The lowest BCUT2D eigenvalue weighted by atomic mass is 10.1. The monoisotopic (exact) mass is 176 g/mol. The average Bonchev–Trinajstić information content (AvgIpc) is 2.04. The van der Waals surface area contributed by atoms with E-state index in [1.54, 1.807) is 12.1 Å². The maximum Gasteiger partial charge on any atom is 0.269 e. The molecule has 3 heteroatoms. The zero-order valence-electron chi connectivity index (χ0n) is 7.36. The first kappa shape index (κ1) is 9.45. The van der Waals surface area contributed by atoms with Crippen molar-refractivity contribution in [3.63, 3.8) is 0 Å². The molecule has 0 aliphatic carbocycles. The molecule has 0 aliphatic rings. The molecule has 1 radical (unpaired) electrons. The maximum absolute atomic E-state index is 10.3. The highest BCUT2D eigenvalue weighted by Crippen LogP contribution is 2.13. The predicted octanol–water partition coefficient (Wildman–Crippen LogP) is 2.83. The molecular weight excluding hydrogens is 166 g/mol. The molecule has 0 bridgehead atoms. The van der Waals surface area contributed by atoms with Crippen LogP contribution in [0.5, 0.6) is 0 Å². The minimum absolute atomic E-state index is 0.110. The molecule has 0 unspecified atom stereocenters. The number of benzene rings is 1. The average molecular weight is 176 g/mol. The molecule has 13 heavy (non-hydrogen) atoms. The molecule has 0 fully saturated rings. The van der Waals surface area contributed by atoms with Gasteiger partial charge in [-0.15, -0.1) is 0 Å². The van der Waals surface area contributed by atoms with Crippen LogP contribution in [0.1, 0.15) is 12.5 Å². The Labute approximate surface area is 76.9 Å². The Morgan fingerprint density at radius 3 is 2.38 bits per heavy atom. The number of non-ortho nitro benzene ring substituents is 1. The number of nitrogens with zero attached hydrogens (tertiary/aromatic N) is 1. The van der Waals surface area contributed by atoms with Crippen molar-refractivity contribution in [2.45, 2.75) is 6.92 Å². The van der Waals surface area contributed by atoms with Crippen molar-refractivity contribution in [3.8, 4) is 0 Å². The summed E-state index contributed by atoms with van der Waals surface area (Å²) in [5.41, 5.74) is 1.96. The molecular formula is C10H10NO2. The fraction of sp³-hybridized carbons (Fsp3) is 0.100. The van der Waals surface area contributed by atoms with Gasteiger partial charge in [0.05, 0.1) is 4.92 Å². The highest BCUT2D eigenvalue weighted by atomic mass is 16.6. The van der Waals surface area contributed by atoms with Crippen molar-refractivity contribution in [1.82, 2.24) is 0 Å². The van der Waals surface area contributed by atoms with E-state index < -0.39 is 4.92 Å². The van der Waals surface area contributed by atoms with E-state index in [4.69, 9.17) is 0 Å². The Balaban J connectivity index is 2.94. The molecule has 0 amide bonds. The van der Waals surface area contributed by atoms with Gasteiger partial charge in [-0.25, -0.2) is 0 Å². The Morgan fingerprint density at radius 1 is 1.46 bits per heavy atom. The summed E-state index contributed by atoms with van der Waals surface area (Å²) < 4.78 is 0. The summed E-state index contributed by atoms with van der Waals surface area (Å²) in [4.78, 5) is 9.90. The third-order valence-electron chi connectivity index (χ3n) is 1.52. The van der Waals surface area contributed by atoms with Crippen molar-refractivity contribution in [2.24, 2.45) is 0 Å². The molecule has 0 spiro atoms. The van der Waals surface area contributed by atoms with E-state index in [9.17, 15) is 10.1 Å². The smallest absolute Gasteiger partial charge is 0.258 e. The van der Waals surface area contributed by atoms with Crippen LogP contribution < -0.4 is 0 Å². The lowest BCUT2D eigenvalue weighted by molar-refractivity contribution is -0.384. The van der Waals surface area contributed by atoms with Gasteiger partial charge in [0.2, 0.25) is 0 Å². The van der Waals surface area contributed by atoms with Crippen LogP contribution in [0.3, 0.4) is 0 Å². The molecule has 67 valence electrons. The second kappa shape index (κ2) is 3.85. The second-order valence-electron chi connectivity index (χ2n) is 2.84. The van der Waals surface area contributed by atoms with Gasteiger partial charge in [-0.05, 0) is 31.5 Å². The topological polar surface area (TPSA) is 43.1 Å². The van der Waals surface area contributed by atoms with E-state index in [0.29, 0.717) is 0 Å². The molecule has 1 aromatic carbocycles. The number of nitro benzene ring substituents is 1. The summed E-state index contributed by atoms with van der Waals surface area (Å²) in [5.74, 6) is 0. The predicted molar refractivity (Wildman–Crippen MR) is 52.1 cm³/mol. The van der Waals surface area contributed by atoms with E-state index in [0.717, 1.165) is 11.1 Å². The van der Waals surface area contributed by atoms with Gasteiger partial charge in [-0.2, -0.15) is 0 Å². The van der Waals surface area contributed by atoms with E-state index in [2.05, 4.69) is 6.92 Å². The van der Waals surface area contributed by atoms with Crippen molar-refractivity contribution in [1.29, 1.82) is 0 Å². The van der Waals surface area contributed by atoms with E-state index in [-0.39, 0.29) is 5.69 Å². The van der Waals surface area contributed by atoms with Gasteiger partial charge in [0.1, 0.15) is 0 Å². The zero-order valence-corrected chi connectivity index (χ0v) is 7.36. The quantitative estimate of drug-likeness (QED) is 0.513. The lowest BCUT2D eigenvalue weighted by Crippen LogP contribution is -1.86. The molecule has 0 atom stereocenters. The standard InChI is InChI=1S/C10H10NO2/c1-8(2)7-9-3-5-10(6-4-9)11(12)13/h3-7H,1H2,2H3/b8-7-. The van der Waals surface area contributed by atoms with Crippen LogP contribution in [0, 0.1) is 17.0 Å². The normalized spacial score (nSPS) is 11.4. The van der Waals surface area contributed by atoms with Crippen LogP contribution in [-0.2, 0) is 0 Å². The zero-order chi connectivity index (χ0) is 9.84. The molecule has 1 rings (SSSR count). The third kappa shape index (κ3) is 2.71. The van der Waals surface area contributed by atoms with Gasteiger partial charge < -0.3 is 0 Å². The summed E-state index contributed by atoms with van der Waals surface area (Å²) in [5, 5.41) is 10.3. The number of allylic oxidation sites excluding steroid dienone is 1. The first-order valence-corrected chi connectivity index (χ1v) is 3.84. The van der Waals surface area contributed by atoms with Gasteiger partial charge in [0.15, 0.2) is 0 Å². The fourth-order valence-corrected chi connectivity index (χ4v) is 0.977. The maximum atomic E-state index is 10.3. The van der Waals surface area contributed by atoms with E-state index >= 15 is 0 Å². The van der Waals surface area contributed by atoms with Crippen LogP contribution in [0.2, 0.25) is 0 Å². The summed E-state index contributed by atoms with van der Waals surface area (Å²) in [6.07, 6.45) is 1.86. The molecule has 0 aliphatic heterocycles. The Hall–Kier alpha value is -1.64. The van der Waals surface area contributed by atoms with Crippen molar-refractivity contribution in [3.05, 3.63) is 52.4 Å². The molecule has 1 aromatic rings. The second-order valence-corrected chi connectivity index (χ2v) is 2.84. The van der Waals surface area contributed by atoms with Gasteiger partial charge in [-0.3, -0.25) is 10.1 Å². The van der Waals surface area contributed by atoms with Gasteiger partial charge in [0, 0.05) is 12.1 Å². The molecule has 0 aromatic heterocycles. The highest BCUT2D eigenvalue weighted by molar-refractivity contribution is 5.54. The van der Waals surface area contributed by atoms with E-state index in [1.165, 1.54) is 12.1 Å². The minimum Gasteiger partial charge on any atom is -0.258 e. The highest BCUT2D eigenvalue weighted by Gasteiger charge is 2.01. The lowest BCUT2D eigenvalue weighted by Gasteiger charge is -1.94. The molecule has 0 saturated heterocycles. The first-order chi connectivity index (χ1) is 6.09. The molecule has 0 N–H and O–H groups in total. The molecule has 3 nitrogen and oxygen atoms in total. The largest absolute Gasteiger partial charge is 0.269 e. The van der Waals surface area contributed by atoms with Crippen molar-refractivity contribution >= 4 is 11.8 Å². The summed E-state index contributed by atoms with van der Waals surface area (Å²) in [6.45, 7) is 5.59. The number of hydrogen-bond donors (Lipinski definition) is 0. The Kier molecular flexibility index (Phi) is 2.80. The number of nitro groups is 1. The summed E-state index contributed by atoms with van der Waals surface area (Å²) >= 11 is 0. The molecule has 0 saturated carbocycles. The van der Waals surface area contributed by atoms with E-state index in [1.807, 2.05) is 13.0 Å². The fourth-order valence-electron chi connectivity index (χ4n) is 0.977. The summed E-state index contributed by atoms with van der Waals surface area (Å²) in [6, 6.07) is 6.36. The molecule has 0 heterocycles. The Bertz CT molecular complexity index is 334. The SMILES string of the molecule is [CH2]/C(C)=C/c1ccc([N+](=O)[O-])cc1. The van der Waals surface area contributed by atoms with Crippen molar-refractivity contribution < 1.29 is 4.92 Å². The van der Waals surface area contributed by atoms with Crippen LogP contribution in [0.25, 0.3) is 6.08 Å². The minimum atomic E-state index is -0.412. The Morgan fingerprint density at radius 2 is 2.00 bits per heavy atom. The van der Waals surface area contributed by atoms with Crippen LogP contribution in [0.4, 0.5) is 5.69 Å². The van der Waals surface area contributed by atoms with Crippen LogP contribution in [-0.4, -0.2) is 4.92 Å². The van der Waals surface area contributed by atoms with Crippen molar-refractivity contribution in [2.75, 3.05) is 0 Å². The summed E-state index contributed by atoms with van der Waals surface area (Å²) in [7, 11) is 0. The van der Waals surface area contributed by atoms with Crippen LogP contribution >= 0.6 is 0 Å². The first-order valence-electron chi connectivity index (χ1n) is 3.84. The number of hydrogen-bond acceptors (Lipinski definition) is 2.